The van der Waals surface area contributed by atoms with Crippen LogP contribution in [0, 0.1) is 0 Å². The lowest BCUT2D eigenvalue weighted by atomic mass is 9.89. The summed E-state index contributed by atoms with van der Waals surface area (Å²) in [5, 5.41) is 3.02. The zero-order valence-electron chi connectivity index (χ0n) is 22.4. The maximum atomic E-state index is 13.1. The van der Waals surface area contributed by atoms with Crippen LogP contribution in [-0.4, -0.2) is 41.9 Å². The Hall–Kier alpha value is -4.21. The number of methoxy groups -OCH3 is 1. The van der Waals surface area contributed by atoms with Gasteiger partial charge < -0.3 is 19.7 Å². The number of carbonyl (C=O) groups excluding carboxylic acids is 1. The van der Waals surface area contributed by atoms with E-state index in [-0.39, 0.29) is 11.7 Å². The van der Waals surface area contributed by atoms with E-state index in [1.54, 1.807) is 29.8 Å². The summed E-state index contributed by atoms with van der Waals surface area (Å²) < 4.78 is 48.3. The lowest BCUT2D eigenvalue weighted by Crippen LogP contribution is -2.32. The highest BCUT2D eigenvalue weighted by Gasteiger charge is 2.31. The van der Waals surface area contributed by atoms with Gasteiger partial charge in [-0.3, -0.25) is 9.20 Å². The molecule has 2 aromatic carbocycles. The quantitative estimate of drug-likeness (QED) is 0.285. The summed E-state index contributed by atoms with van der Waals surface area (Å²) in [5.41, 5.74) is 5.05. The van der Waals surface area contributed by atoms with E-state index >= 15 is 0 Å². The van der Waals surface area contributed by atoms with Crippen LogP contribution in [0.4, 0.5) is 18.9 Å². The molecule has 210 valence electrons. The van der Waals surface area contributed by atoms with Crippen molar-refractivity contribution in [3.05, 3.63) is 89.4 Å². The molecule has 4 aromatic rings. The molecular formula is C30H31F3N4O3. The van der Waals surface area contributed by atoms with Gasteiger partial charge in [0.25, 0.3) is 5.91 Å². The van der Waals surface area contributed by atoms with Gasteiger partial charge in [-0.15, -0.1) is 13.2 Å². The molecule has 1 aliphatic heterocycles. The Morgan fingerprint density at radius 3 is 2.30 bits per heavy atom. The van der Waals surface area contributed by atoms with Crippen LogP contribution >= 0.6 is 0 Å². The molecule has 0 atom stereocenters. The second kappa shape index (κ2) is 11.5. The van der Waals surface area contributed by atoms with Gasteiger partial charge in [0.15, 0.2) is 0 Å². The van der Waals surface area contributed by atoms with Crippen molar-refractivity contribution in [3.8, 4) is 11.5 Å². The Morgan fingerprint density at radius 2 is 1.68 bits per heavy atom. The van der Waals surface area contributed by atoms with Gasteiger partial charge in [0.05, 0.1) is 19.0 Å². The summed E-state index contributed by atoms with van der Waals surface area (Å²) in [6.07, 6.45) is -0.472. The first-order valence-electron chi connectivity index (χ1n) is 13.3. The molecular weight excluding hydrogens is 521 g/mol. The average Bonchev–Trinajstić information content (AvgIpc) is 3.34. The smallest absolute Gasteiger partial charge is 0.495 e. The zero-order chi connectivity index (χ0) is 28.3. The van der Waals surface area contributed by atoms with E-state index in [4.69, 9.17) is 4.74 Å². The molecule has 2 aromatic heterocycles. The number of aromatic nitrogens is 2. The number of ether oxygens (including phenoxy) is 2. The summed E-state index contributed by atoms with van der Waals surface area (Å²) in [6.45, 7) is 4.05. The van der Waals surface area contributed by atoms with E-state index in [2.05, 4.69) is 32.1 Å². The minimum Gasteiger partial charge on any atom is -0.495 e. The lowest BCUT2D eigenvalue weighted by molar-refractivity contribution is -0.274. The number of amides is 1. The summed E-state index contributed by atoms with van der Waals surface area (Å²) in [7, 11) is 1.59. The van der Waals surface area contributed by atoms with Gasteiger partial charge in [0.2, 0.25) is 0 Å². The number of hydrogen-bond donors (Lipinski definition) is 1. The van der Waals surface area contributed by atoms with Crippen molar-refractivity contribution in [2.75, 3.05) is 25.1 Å². The number of anilines is 1. The fourth-order valence-electron chi connectivity index (χ4n) is 5.18. The number of hydrogen-bond acceptors (Lipinski definition) is 5. The Morgan fingerprint density at radius 1 is 1.00 bits per heavy atom. The van der Waals surface area contributed by atoms with Gasteiger partial charge in [-0.1, -0.05) is 31.2 Å². The van der Waals surface area contributed by atoms with E-state index < -0.39 is 6.36 Å². The molecule has 0 spiro atoms. The van der Waals surface area contributed by atoms with Crippen LogP contribution in [0.5, 0.6) is 11.5 Å². The van der Waals surface area contributed by atoms with Crippen molar-refractivity contribution >= 4 is 17.2 Å². The Kier molecular flexibility index (Phi) is 7.86. The fourth-order valence-corrected chi connectivity index (χ4v) is 5.18. The van der Waals surface area contributed by atoms with Crippen LogP contribution in [0.15, 0.2) is 66.9 Å². The molecule has 1 aliphatic rings. The monoisotopic (exact) mass is 552 g/mol. The number of aryl methyl sites for hydroxylation is 1. The van der Waals surface area contributed by atoms with Crippen LogP contribution in [-0.2, 0) is 13.0 Å². The second-order valence-corrected chi connectivity index (χ2v) is 9.79. The highest BCUT2D eigenvalue weighted by molar-refractivity contribution is 5.94. The molecule has 0 radical (unpaired) electrons. The first-order valence-corrected chi connectivity index (χ1v) is 13.3. The highest BCUT2D eigenvalue weighted by Crippen LogP contribution is 2.32. The van der Waals surface area contributed by atoms with E-state index in [1.165, 1.54) is 12.1 Å². The van der Waals surface area contributed by atoms with Crippen LogP contribution in [0.3, 0.4) is 0 Å². The predicted octanol–water partition coefficient (Wildman–Crippen LogP) is 6.12. The maximum absolute atomic E-state index is 13.1. The van der Waals surface area contributed by atoms with Crippen LogP contribution in [0.2, 0.25) is 0 Å². The summed E-state index contributed by atoms with van der Waals surface area (Å²) in [6, 6.07) is 18.0. The predicted molar refractivity (Wildman–Crippen MR) is 146 cm³/mol. The molecule has 1 amide bonds. The molecule has 1 N–H and O–H groups in total. The zero-order valence-corrected chi connectivity index (χ0v) is 22.4. The molecule has 0 unspecified atom stereocenters. The normalized spacial score (nSPS) is 14.4. The van der Waals surface area contributed by atoms with Crippen molar-refractivity contribution < 1.29 is 27.4 Å². The number of carbonyl (C=O) groups is 1. The average molecular weight is 553 g/mol. The number of piperidine rings is 1. The van der Waals surface area contributed by atoms with Gasteiger partial charge in [0, 0.05) is 25.3 Å². The maximum Gasteiger partial charge on any atom is 0.573 e. The number of fused-ring (bicyclic) bond motifs is 1. The number of alkyl halides is 3. The summed E-state index contributed by atoms with van der Waals surface area (Å²) in [4.78, 5) is 20.0. The SMILES string of the molecule is CCc1nc2ccc(OC)cn2c1C(=O)NCc1ccc(N2CCC(c3ccc(OC(F)(F)F)cc3)CC2)cc1. The summed E-state index contributed by atoms with van der Waals surface area (Å²) in [5.74, 6) is 0.546. The number of imidazole rings is 1. The lowest BCUT2D eigenvalue weighted by Gasteiger charge is -2.34. The molecule has 7 nitrogen and oxygen atoms in total. The topological polar surface area (TPSA) is 68.1 Å². The molecule has 40 heavy (non-hydrogen) atoms. The first kappa shape index (κ1) is 27.4. The van der Waals surface area contributed by atoms with Crippen molar-refractivity contribution in [1.29, 1.82) is 0 Å². The molecule has 10 heteroatoms. The van der Waals surface area contributed by atoms with E-state index in [0.29, 0.717) is 36.0 Å². The second-order valence-electron chi connectivity index (χ2n) is 9.79. The molecule has 0 bridgehead atoms. The number of nitrogens with one attached hydrogen (secondary N) is 1. The van der Waals surface area contributed by atoms with E-state index in [9.17, 15) is 18.0 Å². The Labute approximate surface area is 230 Å². The number of rotatable bonds is 8. The minimum absolute atomic E-state index is 0.193. The molecule has 5 rings (SSSR count). The van der Waals surface area contributed by atoms with Gasteiger partial charge in [0.1, 0.15) is 22.8 Å². The van der Waals surface area contributed by atoms with Crippen molar-refractivity contribution in [2.24, 2.45) is 0 Å². The van der Waals surface area contributed by atoms with Crippen molar-refractivity contribution in [1.82, 2.24) is 14.7 Å². The standard InChI is InChI=1S/C30H31F3N4O3/c1-3-26-28(37-19-25(39-2)12-13-27(37)35-26)29(38)34-18-20-4-8-23(9-5-20)36-16-14-22(15-17-36)21-6-10-24(11-7-21)40-30(31,32)33/h4-13,19,22H,3,14-18H2,1-2H3,(H,34,38). The number of pyridine rings is 1. The molecule has 1 fully saturated rings. The number of halogens is 3. The van der Waals surface area contributed by atoms with Gasteiger partial charge in [-0.2, -0.15) is 0 Å². The molecule has 1 saturated heterocycles. The molecule has 0 saturated carbocycles. The third-order valence-corrected chi connectivity index (χ3v) is 7.28. The largest absolute Gasteiger partial charge is 0.573 e. The van der Waals surface area contributed by atoms with Crippen molar-refractivity contribution in [2.45, 2.75) is 45.0 Å². The fraction of sp³-hybridized carbons (Fsp3) is 0.333. The minimum atomic E-state index is -4.68. The Bertz CT molecular complexity index is 1460. The third kappa shape index (κ3) is 6.16. The van der Waals surface area contributed by atoms with Gasteiger partial charge in [-0.05, 0) is 72.7 Å². The number of benzene rings is 2. The van der Waals surface area contributed by atoms with Gasteiger partial charge in [-0.25, -0.2) is 4.98 Å². The molecule has 0 aliphatic carbocycles. The molecule has 3 heterocycles. The highest BCUT2D eigenvalue weighted by atomic mass is 19.4. The summed E-state index contributed by atoms with van der Waals surface area (Å²) >= 11 is 0. The number of nitrogens with zero attached hydrogens (tertiary/aromatic N) is 3. The van der Waals surface area contributed by atoms with E-state index in [0.717, 1.165) is 48.4 Å². The van der Waals surface area contributed by atoms with Crippen LogP contribution in [0.1, 0.15) is 53.0 Å². The van der Waals surface area contributed by atoms with Crippen LogP contribution in [0.25, 0.3) is 5.65 Å². The van der Waals surface area contributed by atoms with Gasteiger partial charge >= 0.3 is 6.36 Å². The Balaban J connectivity index is 1.16. The van der Waals surface area contributed by atoms with E-state index in [1.807, 2.05) is 31.2 Å². The van der Waals surface area contributed by atoms with Crippen LogP contribution < -0.4 is 19.7 Å². The van der Waals surface area contributed by atoms with Crippen molar-refractivity contribution in [3.63, 3.8) is 0 Å². The third-order valence-electron chi connectivity index (χ3n) is 7.28. The first-order chi connectivity index (χ1) is 19.2.